The maximum Gasteiger partial charge on any atom is 0.326 e. The number of carbonyl (C=O) groups excluding carboxylic acids is 4. The van der Waals surface area contributed by atoms with Crippen molar-refractivity contribution in [3.63, 3.8) is 0 Å². The van der Waals surface area contributed by atoms with Crippen LogP contribution in [0.3, 0.4) is 0 Å². The first-order chi connectivity index (χ1) is 14.6. The summed E-state index contributed by atoms with van der Waals surface area (Å²) in [6.45, 7) is -1.95. The van der Waals surface area contributed by atoms with Crippen LogP contribution >= 0.6 is 0 Å². The second-order valence-electron chi connectivity index (χ2n) is 6.09. The van der Waals surface area contributed by atoms with E-state index in [9.17, 15) is 42.5 Å². The smallest absolute Gasteiger partial charge is 0.326 e. The number of hydrogen-bond acceptors (Lipinski definition) is 7. The van der Waals surface area contributed by atoms with Gasteiger partial charge >= 0.3 is 5.97 Å². The van der Waals surface area contributed by atoms with Crippen molar-refractivity contribution in [1.82, 2.24) is 4.90 Å². The minimum atomic E-state index is -1.81. The summed E-state index contributed by atoms with van der Waals surface area (Å²) in [5, 5.41) is 12.9. The van der Waals surface area contributed by atoms with Crippen molar-refractivity contribution in [2.24, 2.45) is 0 Å². The van der Waals surface area contributed by atoms with Crippen LogP contribution in [0.5, 0.6) is 0 Å². The first-order valence-electron chi connectivity index (χ1n) is 8.34. The minimum Gasteiger partial charge on any atom is -0.454 e. The van der Waals surface area contributed by atoms with Crippen LogP contribution in [0, 0.1) is 27.6 Å². The molecular formula is C18H10F3N3O7. The molecule has 10 nitrogen and oxygen atoms in total. The Hall–Kier alpha value is -4.29. The maximum absolute atomic E-state index is 13.5. The molecule has 1 heterocycles. The summed E-state index contributed by atoms with van der Waals surface area (Å²) in [7, 11) is 0. The molecule has 0 saturated carbocycles. The number of fused-ring (bicyclic) bond motifs is 1. The third-order valence-corrected chi connectivity index (χ3v) is 4.13. The molecule has 1 N–H and O–H groups in total. The monoisotopic (exact) mass is 437 g/mol. The number of amides is 3. The van der Waals surface area contributed by atoms with Gasteiger partial charge < -0.3 is 10.1 Å². The number of halogens is 3. The van der Waals surface area contributed by atoms with E-state index < -0.39 is 76.2 Å². The van der Waals surface area contributed by atoms with Crippen LogP contribution in [-0.2, 0) is 14.3 Å². The van der Waals surface area contributed by atoms with Crippen LogP contribution in [0.1, 0.15) is 20.7 Å². The number of nitro benzene ring substituents is 1. The van der Waals surface area contributed by atoms with Gasteiger partial charge in [0, 0.05) is 6.07 Å². The second-order valence-corrected chi connectivity index (χ2v) is 6.09. The molecule has 0 unspecified atom stereocenters. The summed E-state index contributed by atoms with van der Waals surface area (Å²) in [5.74, 6) is -9.33. The summed E-state index contributed by atoms with van der Waals surface area (Å²) in [6.07, 6.45) is 0. The van der Waals surface area contributed by atoms with E-state index in [2.05, 4.69) is 4.74 Å². The zero-order chi connectivity index (χ0) is 22.9. The van der Waals surface area contributed by atoms with Crippen molar-refractivity contribution in [2.45, 2.75) is 0 Å². The fraction of sp³-hybridized carbons (Fsp3) is 0.111. The third kappa shape index (κ3) is 4.05. The molecule has 3 rings (SSSR count). The number of rotatable bonds is 6. The van der Waals surface area contributed by atoms with Gasteiger partial charge in [0.2, 0.25) is 0 Å². The number of carbonyl (C=O) groups is 4. The number of nitrogens with one attached hydrogen (secondary N) is 1. The molecule has 3 amide bonds. The molecule has 31 heavy (non-hydrogen) atoms. The van der Waals surface area contributed by atoms with E-state index in [-0.39, 0.29) is 5.56 Å². The van der Waals surface area contributed by atoms with E-state index in [0.717, 1.165) is 12.1 Å². The largest absolute Gasteiger partial charge is 0.454 e. The van der Waals surface area contributed by atoms with Crippen molar-refractivity contribution >= 4 is 35.1 Å². The summed E-state index contributed by atoms with van der Waals surface area (Å²) in [6, 6.07) is 4.72. The number of imide groups is 1. The third-order valence-electron chi connectivity index (χ3n) is 4.13. The van der Waals surface area contributed by atoms with Crippen molar-refractivity contribution in [3.05, 3.63) is 69.0 Å². The van der Waals surface area contributed by atoms with Crippen LogP contribution < -0.4 is 5.32 Å². The lowest BCUT2D eigenvalue weighted by Crippen LogP contribution is -2.36. The molecule has 1 aliphatic rings. The lowest BCUT2D eigenvalue weighted by atomic mass is 10.1. The van der Waals surface area contributed by atoms with E-state index in [0.29, 0.717) is 11.0 Å². The maximum atomic E-state index is 13.5. The Morgan fingerprint density at radius 2 is 1.77 bits per heavy atom. The Balaban J connectivity index is 1.61. The van der Waals surface area contributed by atoms with Crippen molar-refractivity contribution < 1.29 is 42.0 Å². The number of anilines is 1. The molecule has 2 aromatic rings. The second kappa shape index (κ2) is 8.22. The Bertz CT molecular complexity index is 1150. The molecule has 0 aromatic heterocycles. The van der Waals surface area contributed by atoms with Crippen LogP contribution in [0.2, 0.25) is 0 Å². The summed E-state index contributed by atoms with van der Waals surface area (Å²) >= 11 is 0. The van der Waals surface area contributed by atoms with Gasteiger partial charge in [-0.25, -0.2) is 13.2 Å². The zero-order valence-corrected chi connectivity index (χ0v) is 15.2. The predicted octanol–water partition coefficient (Wildman–Crippen LogP) is 1.79. The average Bonchev–Trinajstić information content (AvgIpc) is 2.97. The van der Waals surface area contributed by atoms with E-state index in [1.54, 1.807) is 0 Å². The van der Waals surface area contributed by atoms with Gasteiger partial charge in [0.1, 0.15) is 12.1 Å². The lowest BCUT2D eigenvalue weighted by Gasteiger charge is -2.13. The Morgan fingerprint density at radius 3 is 2.45 bits per heavy atom. The van der Waals surface area contributed by atoms with E-state index >= 15 is 0 Å². The molecule has 2 aromatic carbocycles. The fourth-order valence-electron chi connectivity index (χ4n) is 2.74. The SMILES string of the molecule is O=C(COC(=O)CN1C(=O)c2cccc([N+](=O)[O-])c2C1=O)Nc1ccc(F)c(F)c1F. The molecule has 0 aliphatic carbocycles. The highest BCUT2D eigenvalue weighted by molar-refractivity contribution is 6.24. The Morgan fingerprint density at radius 1 is 1.06 bits per heavy atom. The number of benzene rings is 2. The number of ether oxygens (including phenoxy) is 1. The Labute approximate surface area is 170 Å². The minimum absolute atomic E-state index is 0.265. The molecular weight excluding hydrogens is 427 g/mol. The van der Waals surface area contributed by atoms with Gasteiger partial charge in [0.15, 0.2) is 24.1 Å². The van der Waals surface area contributed by atoms with Crippen LogP contribution in [0.25, 0.3) is 0 Å². The average molecular weight is 437 g/mol. The van der Waals surface area contributed by atoms with Crippen LogP contribution in [0.4, 0.5) is 24.5 Å². The fourth-order valence-corrected chi connectivity index (χ4v) is 2.74. The normalized spacial score (nSPS) is 12.5. The van der Waals surface area contributed by atoms with Crippen LogP contribution in [0.15, 0.2) is 30.3 Å². The van der Waals surface area contributed by atoms with Gasteiger partial charge in [-0.1, -0.05) is 6.07 Å². The number of nitrogens with zero attached hydrogens (tertiary/aromatic N) is 2. The first kappa shape index (κ1) is 21.4. The highest BCUT2D eigenvalue weighted by Gasteiger charge is 2.42. The van der Waals surface area contributed by atoms with Gasteiger partial charge in [-0.2, -0.15) is 0 Å². The van der Waals surface area contributed by atoms with E-state index in [4.69, 9.17) is 0 Å². The van der Waals surface area contributed by atoms with E-state index in [1.165, 1.54) is 12.1 Å². The summed E-state index contributed by atoms with van der Waals surface area (Å²) in [4.78, 5) is 58.9. The molecule has 0 atom stereocenters. The van der Waals surface area contributed by atoms with Gasteiger partial charge in [0.25, 0.3) is 23.4 Å². The highest BCUT2D eigenvalue weighted by Crippen LogP contribution is 2.30. The lowest BCUT2D eigenvalue weighted by molar-refractivity contribution is -0.385. The molecule has 0 fully saturated rings. The number of esters is 1. The van der Waals surface area contributed by atoms with Crippen molar-refractivity contribution in [1.29, 1.82) is 0 Å². The summed E-state index contributed by atoms with van der Waals surface area (Å²) < 4.78 is 44.1. The molecule has 0 saturated heterocycles. The Kier molecular flexibility index (Phi) is 5.68. The van der Waals surface area contributed by atoms with E-state index in [1.807, 2.05) is 5.32 Å². The molecule has 160 valence electrons. The topological polar surface area (TPSA) is 136 Å². The molecule has 13 heteroatoms. The zero-order valence-electron chi connectivity index (χ0n) is 15.2. The van der Waals surface area contributed by atoms with Gasteiger partial charge in [0.05, 0.1) is 16.2 Å². The highest BCUT2D eigenvalue weighted by atomic mass is 19.2. The molecule has 1 aliphatic heterocycles. The summed E-state index contributed by atoms with van der Waals surface area (Å²) in [5.41, 5.74) is -2.05. The van der Waals surface area contributed by atoms with Crippen LogP contribution in [-0.4, -0.2) is 46.7 Å². The predicted molar refractivity (Wildman–Crippen MR) is 94.4 cm³/mol. The standard InChI is InChI=1S/C18H10F3N3O7/c19-9-4-5-10(16(21)15(9)20)22-12(25)7-31-13(26)6-23-17(27)8-2-1-3-11(24(29)30)14(8)18(23)28/h1-5H,6-7H2,(H,22,25). The van der Waals surface area contributed by atoms with Gasteiger partial charge in [-0.15, -0.1) is 0 Å². The van der Waals surface area contributed by atoms with Gasteiger partial charge in [-0.3, -0.25) is 34.2 Å². The number of hydrogen-bond donors (Lipinski definition) is 1. The van der Waals surface area contributed by atoms with Gasteiger partial charge in [-0.05, 0) is 18.2 Å². The van der Waals surface area contributed by atoms with Crippen molar-refractivity contribution in [3.8, 4) is 0 Å². The molecule has 0 spiro atoms. The molecule has 0 radical (unpaired) electrons. The first-order valence-corrected chi connectivity index (χ1v) is 8.34. The number of nitro groups is 1. The quantitative estimate of drug-likeness (QED) is 0.239. The van der Waals surface area contributed by atoms with Crippen molar-refractivity contribution in [2.75, 3.05) is 18.5 Å². The molecule has 0 bridgehead atoms.